The number of benzene rings is 1. The number of fused-ring (bicyclic) bond motifs is 4. The van der Waals surface area contributed by atoms with Crippen molar-refractivity contribution in [3.05, 3.63) is 47.5 Å². The standard InChI is InChI=1S/C13H9N/c14-7-13-10-5-6-11(13)12(13)9-4-2-1-3-8(9)10/h1-6,10-12H/t10-,11+,12-,13+/m1/s1. The zero-order valence-corrected chi connectivity index (χ0v) is 7.64. The highest BCUT2D eigenvalue weighted by Gasteiger charge is 2.74. The van der Waals surface area contributed by atoms with Gasteiger partial charge in [-0.3, -0.25) is 0 Å². The Balaban J connectivity index is 2.05. The van der Waals surface area contributed by atoms with Crippen LogP contribution in [0.5, 0.6) is 0 Å². The average molecular weight is 179 g/mol. The van der Waals surface area contributed by atoms with Crippen molar-refractivity contribution in [2.75, 3.05) is 0 Å². The van der Waals surface area contributed by atoms with Crippen LogP contribution in [0.2, 0.25) is 0 Å². The van der Waals surface area contributed by atoms with Crippen molar-refractivity contribution in [1.82, 2.24) is 0 Å². The van der Waals surface area contributed by atoms with E-state index in [9.17, 15) is 5.26 Å². The van der Waals surface area contributed by atoms with E-state index in [4.69, 9.17) is 0 Å². The molecule has 66 valence electrons. The van der Waals surface area contributed by atoms with E-state index < -0.39 is 0 Å². The van der Waals surface area contributed by atoms with Crippen molar-refractivity contribution in [2.24, 2.45) is 11.3 Å². The Bertz CT molecular complexity index is 508. The number of hydrogen-bond acceptors (Lipinski definition) is 1. The molecule has 0 aromatic heterocycles. The second-order valence-corrected chi connectivity index (χ2v) is 4.54. The lowest BCUT2D eigenvalue weighted by Gasteiger charge is -2.11. The largest absolute Gasteiger partial charge is 0.198 e. The lowest BCUT2D eigenvalue weighted by atomic mass is 9.90. The zero-order valence-electron chi connectivity index (χ0n) is 7.64. The summed E-state index contributed by atoms with van der Waals surface area (Å²) >= 11 is 0. The van der Waals surface area contributed by atoms with E-state index in [2.05, 4.69) is 42.5 Å². The topological polar surface area (TPSA) is 23.8 Å². The quantitative estimate of drug-likeness (QED) is 0.561. The molecule has 0 amide bonds. The summed E-state index contributed by atoms with van der Waals surface area (Å²) in [6.45, 7) is 0. The first-order valence-corrected chi connectivity index (χ1v) is 5.08. The normalized spacial score (nSPS) is 44.4. The molecule has 1 heteroatoms. The predicted octanol–water partition coefficient (Wildman–Crippen LogP) is 2.58. The molecule has 1 fully saturated rings. The molecule has 0 aliphatic heterocycles. The van der Waals surface area contributed by atoms with Gasteiger partial charge in [0.1, 0.15) is 0 Å². The summed E-state index contributed by atoms with van der Waals surface area (Å²) in [6, 6.07) is 11.1. The molecule has 4 atom stereocenters. The fourth-order valence-electron chi connectivity index (χ4n) is 3.60. The maximum absolute atomic E-state index is 9.33. The monoisotopic (exact) mass is 179 g/mol. The van der Waals surface area contributed by atoms with E-state index in [0.29, 0.717) is 17.8 Å². The highest BCUT2D eigenvalue weighted by Crippen LogP contribution is 2.79. The van der Waals surface area contributed by atoms with Crippen molar-refractivity contribution < 1.29 is 0 Å². The number of nitrogens with zero attached hydrogens (tertiary/aromatic N) is 1. The van der Waals surface area contributed by atoms with Gasteiger partial charge in [0, 0.05) is 17.8 Å². The van der Waals surface area contributed by atoms with Gasteiger partial charge in [0.05, 0.1) is 11.5 Å². The molecule has 14 heavy (non-hydrogen) atoms. The van der Waals surface area contributed by atoms with Crippen molar-refractivity contribution in [3.8, 4) is 6.07 Å². The fourth-order valence-corrected chi connectivity index (χ4v) is 3.60. The minimum atomic E-state index is -0.0658. The Kier molecular flexibility index (Phi) is 0.873. The number of hydrogen-bond donors (Lipinski definition) is 0. The molecule has 0 radical (unpaired) electrons. The van der Waals surface area contributed by atoms with Crippen LogP contribution in [0.4, 0.5) is 0 Å². The van der Waals surface area contributed by atoms with Crippen molar-refractivity contribution in [2.45, 2.75) is 11.8 Å². The van der Waals surface area contributed by atoms with Gasteiger partial charge < -0.3 is 0 Å². The molecule has 1 aromatic rings. The molecule has 0 heterocycles. The van der Waals surface area contributed by atoms with Gasteiger partial charge in [-0.1, -0.05) is 36.4 Å². The third-order valence-electron chi connectivity index (χ3n) is 4.20. The molecule has 0 saturated heterocycles. The number of nitriles is 1. The second-order valence-electron chi connectivity index (χ2n) is 4.54. The Morgan fingerprint density at radius 2 is 1.93 bits per heavy atom. The van der Waals surface area contributed by atoms with E-state index in [1.54, 1.807) is 0 Å². The SMILES string of the molecule is N#C[C@]12[C@@H]3C=C[C@H]1[C@H]2c1ccccc13. The Labute approximate surface area is 82.7 Å². The van der Waals surface area contributed by atoms with Gasteiger partial charge in [0.15, 0.2) is 0 Å². The van der Waals surface area contributed by atoms with Crippen LogP contribution in [0.3, 0.4) is 0 Å². The van der Waals surface area contributed by atoms with Crippen LogP contribution < -0.4 is 0 Å². The van der Waals surface area contributed by atoms with Crippen molar-refractivity contribution >= 4 is 0 Å². The molecule has 0 N–H and O–H groups in total. The summed E-state index contributed by atoms with van der Waals surface area (Å²) in [5.74, 6) is 1.42. The summed E-state index contributed by atoms with van der Waals surface area (Å²) in [5.41, 5.74) is 2.75. The fraction of sp³-hybridized carbons (Fsp3) is 0.308. The first-order chi connectivity index (χ1) is 6.89. The maximum Gasteiger partial charge on any atom is 0.0820 e. The summed E-state index contributed by atoms with van der Waals surface area (Å²) in [4.78, 5) is 0. The van der Waals surface area contributed by atoms with E-state index >= 15 is 0 Å². The third kappa shape index (κ3) is 0.452. The van der Waals surface area contributed by atoms with Crippen LogP contribution in [0, 0.1) is 22.7 Å². The Hall–Kier alpha value is -1.55. The maximum atomic E-state index is 9.33. The van der Waals surface area contributed by atoms with Crippen LogP contribution in [0.1, 0.15) is 23.0 Å². The predicted molar refractivity (Wildman–Crippen MR) is 52.6 cm³/mol. The molecule has 1 nitrogen and oxygen atoms in total. The van der Waals surface area contributed by atoms with Crippen LogP contribution in [0.25, 0.3) is 0 Å². The second kappa shape index (κ2) is 1.79. The molecular formula is C13H9N. The molecule has 4 rings (SSSR count). The van der Waals surface area contributed by atoms with Gasteiger partial charge in [-0.25, -0.2) is 0 Å². The molecule has 0 unspecified atom stereocenters. The third-order valence-corrected chi connectivity index (χ3v) is 4.20. The van der Waals surface area contributed by atoms with E-state index in [-0.39, 0.29) is 5.41 Å². The molecule has 3 aliphatic rings. The molecule has 1 aromatic carbocycles. The van der Waals surface area contributed by atoms with E-state index in [0.717, 1.165) is 0 Å². The van der Waals surface area contributed by atoms with Crippen molar-refractivity contribution in [1.29, 1.82) is 5.26 Å². The van der Waals surface area contributed by atoms with Crippen LogP contribution in [-0.2, 0) is 0 Å². The Morgan fingerprint density at radius 3 is 2.71 bits per heavy atom. The summed E-state index contributed by atoms with van der Waals surface area (Å²) in [7, 11) is 0. The summed E-state index contributed by atoms with van der Waals surface area (Å²) in [5, 5.41) is 9.33. The minimum Gasteiger partial charge on any atom is -0.198 e. The minimum absolute atomic E-state index is 0.0658. The number of rotatable bonds is 0. The zero-order chi connectivity index (χ0) is 9.34. The lowest BCUT2D eigenvalue weighted by Crippen LogP contribution is -2.05. The van der Waals surface area contributed by atoms with Gasteiger partial charge in [-0.2, -0.15) is 5.26 Å². The van der Waals surface area contributed by atoms with Crippen LogP contribution >= 0.6 is 0 Å². The van der Waals surface area contributed by atoms with Gasteiger partial charge >= 0.3 is 0 Å². The van der Waals surface area contributed by atoms with E-state index in [1.807, 2.05) is 0 Å². The number of allylic oxidation sites excluding steroid dienone is 2. The first kappa shape index (κ1) is 6.84. The van der Waals surface area contributed by atoms with Gasteiger partial charge in [0.25, 0.3) is 0 Å². The first-order valence-electron chi connectivity index (χ1n) is 5.08. The molecule has 0 bridgehead atoms. The molecule has 3 aliphatic carbocycles. The van der Waals surface area contributed by atoms with E-state index in [1.165, 1.54) is 11.1 Å². The highest BCUT2D eigenvalue weighted by molar-refractivity contribution is 5.61. The molecular weight excluding hydrogens is 170 g/mol. The molecule has 1 saturated carbocycles. The summed E-state index contributed by atoms with van der Waals surface area (Å²) < 4.78 is 0. The summed E-state index contributed by atoms with van der Waals surface area (Å²) in [6.07, 6.45) is 4.48. The van der Waals surface area contributed by atoms with Crippen LogP contribution in [0.15, 0.2) is 36.4 Å². The smallest absolute Gasteiger partial charge is 0.0820 e. The highest BCUT2D eigenvalue weighted by atomic mass is 14.8. The lowest BCUT2D eigenvalue weighted by molar-refractivity contribution is 0.600. The van der Waals surface area contributed by atoms with Gasteiger partial charge in [-0.15, -0.1) is 0 Å². The average Bonchev–Trinajstić information content (AvgIpc) is 2.67. The van der Waals surface area contributed by atoms with Gasteiger partial charge in [-0.05, 0) is 11.1 Å². The van der Waals surface area contributed by atoms with Gasteiger partial charge in [0.2, 0.25) is 0 Å². The Morgan fingerprint density at radius 1 is 1.14 bits per heavy atom. The molecule has 0 spiro atoms. The van der Waals surface area contributed by atoms with Crippen molar-refractivity contribution in [3.63, 3.8) is 0 Å². The van der Waals surface area contributed by atoms with Crippen LogP contribution in [-0.4, -0.2) is 0 Å².